The van der Waals surface area contributed by atoms with Crippen LogP contribution in [0.3, 0.4) is 0 Å². The molecule has 1 heterocycles. The number of nitrogens with one attached hydrogen (secondary N) is 2. The number of carboxylic acid groups (broad SMARTS) is 1. The third-order valence-corrected chi connectivity index (χ3v) is 3.86. The van der Waals surface area contributed by atoms with Crippen LogP contribution in [0, 0.1) is 0 Å². The molecule has 1 aromatic carbocycles. The maximum absolute atomic E-state index is 12.2. The highest BCUT2D eigenvalue weighted by molar-refractivity contribution is 5.74. The van der Waals surface area contributed by atoms with E-state index in [4.69, 9.17) is 9.52 Å². The molecule has 0 fully saturated rings. The van der Waals surface area contributed by atoms with Gasteiger partial charge in [0.1, 0.15) is 5.76 Å². The van der Waals surface area contributed by atoms with Crippen LogP contribution in [0.15, 0.2) is 40.9 Å². The van der Waals surface area contributed by atoms with E-state index in [9.17, 15) is 9.59 Å². The normalized spacial score (nSPS) is 11.7. The van der Waals surface area contributed by atoms with Gasteiger partial charge >= 0.3 is 12.0 Å². The van der Waals surface area contributed by atoms with Crippen molar-refractivity contribution in [3.05, 3.63) is 53.7 Å². The van der Waals surface area contributed by atoms with Crippen LogP contribution in [-0.4, -0.2) is 28.1 Å². The molecule has 140 valence electrons. The summed E-state index contributed by atoms with van der Waals surface area (Å²) in [4.78, 5) is 27.2. The maximum Gasteiger partial charge on any atom is 0.315 e. The number of aromatic nitrogens is 1. The van der Waals surface area contributed by atoms with Gasteiger partial charge in [-0.05, 0) is 24.8 Å². The summed E-state index contributed by atoms with van der Waals surface area (Å²) in [6.07, 6.45) is 4.25. The van der Waals surface area contributed by atoms with Crippen molar-refractivity contribution < 1.29 is 19.1 Å². The lowest BCUT2D eigenvalue weighted by molar-refractivity contribution is -0.137. The smallest absolute Gasteiger partial charge is 0.315 e. The van der Waals surface area contributed by atoms with Crippen molar-refractivity contribution in [2.24, 2.45) is 0 Å². The lowest BCUT2D eigenvalue weighted by Gasteiger charge is -2.18. The van der Waals surface area contributed by atoms with Crippen molar-refractivity contribution in [3.63, 3.8) is 0 Å². The van der Waals surface area contributed by atoms with Crippen LogP contribution in [0.1, 0.15) is 43.4 Å². The van der Waals surface area contributed by atoms with Gasteiger partial charge in [0.05, 0.1) is 12.7 Å². The highest BCUT2D eigenvalue weighted by atomic mass is 16.4. The van der Waals surface area contributed by atoms with Crippen molar-refractivity contribution >= 4 is 12.0 Å². The Morgan fingerprint density at radius 3 is 2.73 bits per heavy atom. The molecule has 2 amide bonds. The monoisotopic (exact) mass is 359 g/mol. The molecule has 7 nitrogen and oxygen atoms in total. The number of rotatable bonds is 10. The summed E-state index contributed by atoms with van der Waals surface area (Å²) < 4.78 is 5.52. The van der Waals surface area contributed by atoms with Gasteiger partial charge in [-0.15, -0.1) is 0 Å². The van der Waals surface area contributed by atoms with Gasteiger partial charge < -0.3 is 20.2 Å². The predicted molar refractivity (Wildman–Crippen MR) is 96.7 cm³/mol. The molecule has 0 radical (unpaired) electrons. The first-order chi connectivity index (χ1) is 12.6. The van der Waals surface area contributed by atoms with Crippen LogP contribution in [0.2, 0.25) is 0 Å². The lowest BCUT2D eigenvalue weighted by atomic mass is 10.0. The zero-order chi connectivity index (χ0) is 18.8. The van der Waals surface area contributed by atoms with Crippen LogP contribution < -0.4 is 10.6 Å². The highest BCUT2D eigenvalue weighted by Crippen LogP contribution is 2.09. The largest absolute Gasteiger partial charge is 0.481 e. The van der Waals surface area contributed by atoms with E-state index in [1.165, 1.54) is 0 Å². The quantitative estimate of drug-likeness (QED) is 0.605. The Hall–Kier alpha value is -2.83. The number of benzene rings is 1. The Morgan fingerprint density at radius 1 is 1.27 bits per heavy atom. The van der Waals surface area contributed by atoms with Gasteiger partial charge in [-0.3, -0.25) is 4.79 Å². The Balaban J connectivity index is 1.86. The summed E-state index contributed by atoms with van der Waals surface area (Å²) in [6, 6.07) is 9.04. The maximum atomic E-state index is 12.2. The first kappa shape index (κ1) is 19.5. The van der Waals surface area contributed by atoms with Crippen LogP contribution in [0.5, 0.6) is 0 Å². The number of oxazole rings is 1. The van der Waals surface area contributed by atoms with E-state index in [0.717, 1.165) is 18.4 Å². The summed E-state index contributed by atoms with van der Waals surface area (Å²) in [5.41, 5.74) is 1.04. The van der Waals surface area contributed by atoms with E-state index in [1.54, 1.807) is 6.20 Å². The second-order valence-corrected chi connectivity index (χ2v) is 6.12. The number of hydrogen-bond donors (Lipinski definition) is 3. The fourth-order valence-corrected chi connectivity index (χ4v) is 2.58. The SMILES string of the molecule is CCCc1ncc(CNC(=O)NC(CCC(=O)O)Cc2ccccc2)o1. The number of urea groups is 1. The van der Waals surface area contributed by atoms with Crippen molar-refractivity contribution in [2.45, 2.75) is 51.6 Å². The van der Waals surface area contributed by atoms with Gasteiger partial charge in [-0.2, -0.15) is 0 Å². The van der Waals surface area contributed by atoms with E-state index in [0.29, 0.717) is 24.5 Å². The van der Waals surface area contributed by atoms with Gasteiger partial charge in [-0.25, -0.2) is 9.78 Å². The van der Waals surface area contributed by atoms with Crippen LogP contribution in [-0.2, 0) is 24.2 Å². The van der Waals surface area contributed by atoms with E-state index < -0.39 is 5.97 Å². The molecule has 2 rings (SSSR count). The predicted octanol–water partition coefficient (Wildman–Crippen LogP) is 2.90. The molecule has 0 aliphatic heterocycles. The van der Waals surface area contributed by atoms with Crippen LogP contribution in [0.4, 0.5) is 4.79 Å². The zero-order valence-electron chi connectivity index (χ0n) is 14.9. The minimum atomic E-state index is -0.879. The van der Waals surface area contributed by atoms with Crippen molar-refractivity contribution in [3.8, 4) is 0 Å². The molecule has 0 bridgehead atoms. The summed E-state index contributed by atoms with van der Waals surface area (Å²) in [5.74, 6) is 0.372. The first-order valence-electron chi connectivity index (χ1n) is 8.80. The lowest BCUT2D eigenvalue weighted by Crippen LogP contribution is -2.43. The molecule has 3 N–H and O–H groups in total. The summed E-state index contributed by atoms with van der Waals surface area (Å²) in [6.45, 7) is 2.28. The molecule has 1 aromatic heterocycles. The summed E-state index contributed by atoms with van der Waals surface area (Å²) in [5, 5.41) is 14.5. The van der Waals surface area contributed by atoms with Crippen molar-refractivity contribution in [1.82, 2.24) is 15.6 Å². The van der Waals surface area contributed by atoms with E-state index in [2.05, 4.69) is 15.6 Å². The van der Waals surface area contributed by atoms with Gasteiger partial charge in [0.25, 0.3) is 0 Å². The van der Waals surface area contributed by atoms with Crippen LogP contribution in [0.25, 0.3) is 0 Å². The average Bonchev–Trinajstić information content (AvgIpc) is 3.07. The number of nitrogens with zero attached hydrogens (tertiary/aromatic N) is 1. The molecule has 0 aliphatic rings. The van der Waals surface area contributed by atoms with Gasteiger partial charge in [0.2, 0.25) is 0 Å². The Labute approximate surface area is 152 Å². The number of aryl methyl sites for hydroxylation is 1. The zero-order valence-corrected chi connectivity index (χ0v) is 14.9. The highest BCUT2D eigenvalue weighted by Gasteiger charge is 2.15. The molecule has 7 heteroatoms. The number of carbonyl (C=O) groups excluding carboxylic acids is 1. The summed E-state index contributed by atoms with van der Waals surface area (Å²) >= 11 is 0. The second-order valence-electron chi connectivity index (χ2n) is 6.12. The van der Waals surface area contributed by atoms with E-state index in [1.807, 2.05) is 37.3 Å². The second kappa shape index (κ2) is 10.2. The number of carbonyl (C=O) groups is 2. The molecule has 2 aromatic rings. The number of carboxylic acids is 1. The summed E-state index contributed by atoms with van der Waals surface area (Å²) in [7, 11) is 0. The van der Waals surface area contributed by atoms with E-state index >= 15 is 0 Å². The number of aliphatic carboxylic acids is 1. The Kier molecular flexibility index (Phi) is 7.67. The fourth-order valence-electron chi connectivity index (χ4n) is 2.58. The molecule has 0 saturated heterocycles. The van der Waals surface area contributed by atoms with Crippen molar-refractivity contribution in [2.75, 3.05) is 0 Å². The minimum Gasteiger partial charge on any atom is -0.481 e. The molecular formula is C19H25N3O4. The average molecular weight is 359 g/mol. The van der Waals surface area contributed by atoms with Gasteiger partial charge in [0, 0.05) is 18.9 Å². The minimum absolute atomic E-state index is 0.000260. The molecule has 1 atom stereocenters. The molecule has 0 aliphatic carbocycles. The third kappa shape index (κ3) is 6.96. The van der Waals surface area contributed by atoms with Gasteiger partial charge in [-0.1, -0.05) is 37.3 Å². The topological polar surface area (TPSA) is 104 Å². The van der Waals surface area contributed by atoms with Crippen molar-refractivity contribution in [1.29, 1.82) is 0 Å². The van der Waals surface area contributed by atoms with Crippen LogP contribution >= 0.6 is 0 Å². The first-order valence-corrected chi connectivity index (χ1v) is 8.80. The molecule has 0 spiro atoms. The molecule has 0 saturated carbocycles. The molecule has 1 unspecified atom stereocenters. The third-order valence-electron chi connectivity index (χ3n) is 3.86. The molecule has 26 heavy (non-hydrogen) atoms. The van der Waals surface area contributed by atoms with Gasteiger partial charge in [0.15, 0.2) is 5.89 Å². The molecular weight excluding hydrogens is 334 g/mol. The standard InChI is InChI=1S/C19H25N3O4/c1-2-6-17-20-12-16(26-17)13-21-19(25)22-15(9-10-18(23)24)11-14-7-4-3-5-8-14/h3-5,7-8,12,15H,2,6,9-11,13H2,1H3,(H,23,24)(H2,21,22,25). The van der Waals surface area contributed by atoms with E-state index in [-0.39, 0.29) is 25.0 Å². The Morgan fingerprint density at radius 2 is 2.04 bits per heavy atom. The fraction of sp³-hybridized carbons (Fsp3) is 0.421. The Bertz CT molecular complexity index is 700. The number of hydrogen-bond acceptors (Lipinski definition) is 4. The number of amides is 2.